The topological polar surface area (TPSA) is 82.3 Å². The van der Waals surface area contributed by atoms with Crippen LogP contribution in [0.3, 0.4) is 0 Å². The van der Waals surface area contributed by atoms with Gasteiger partial charge in [0.2, 0.25) is 0 Å². The molecule has 0 saturated heterocycles. The lowest BCUT2D eigenvalue weighted by Gasteiger charge is -2.17. The highest BCUT2D eigenvalue weighted by Gasteiger charge is 2.24. The van der Waals surface area contributed by atoms with Crippen molar-refractivity contribution < 1.29 is 0 Å². The van der Waals surface area contributed by atoms with Crippen LogP contribution < -0.4 is 0 Å². The van der Waals surface area contributed by atoms with Crippen LogP contribution in [0.15, 0.2) is 237 Å². The molecule has 314 valence electrons. The minimum atomic E-state index is 0.597. The van der Waals surface area contributed by atoms with Gasteiger partial charge in [-0.3, -0.25) is 0 Å². The molecule has 0 atom stereocenters. The van der Waals surface area contributed by atoms with Crippen LogP contribution >= 0.6 is 0 Å². The van der Waals surface area contributed by atoms with Crippen LogP contribution in [0.5, 0.6) is 0 Å². The molecule has 7 heteroatoms. The van der Waals surface area contributed by atoms with Gasteiger partial charge in [0.1, 0.15) is 0 Å². The summed E-state index contributed by atoms with van der Waals surface area (Å²) < 4.78 is 2.42. The first-order valence-electron chi connectivity index (χ1n) is 22.3. The number of rotatable bonds is 9. The number of para-hydroxylation sites is 3. The molecule has 0 N–H and O–H groups in total. The molecule has 0 bridgehead atoms. The Morgan fingerprint density at radius 2 is 0.478 bits per heavy atom. The fraction of sp³-hybridized carbons (Fsp3) is 0. The molecule has 0 saturated carbocycles. The van der Waals surface area contributed by atoms with Gasteiger partial charge in [-0.25, -0.2) is 29.9 Å². The summed E-state index contributed by atoms with van der Waals surface area (Å²) in [6.45, 7) is 0. The first-order valence-corrected chi connectivity index (χ1v) is 22.3. The van der Waals surface area contributed by atoms with Gasteiger partial charge >= 0.3 is 0 Å². The normalized spacial score (nSPS) is 11.3. The van der Waals surface area contributed by atoms with E-state index < -0.39 is 0 Å². The molecular weight excluding hydrogens is 819 g/mol. The highest BCUT2D eigenvalue weighted by molar-refractivity contribution is 6.18. The molecule has 0 aliphatic heterocycles. The number of fused-ring (bicyclic) bond motifs is 3. The summed E-state index contributed by atoms with van der Waals surface area (Å²) in [5.74, 6) is 3.65. The number of hydrogen-bond donors (Lipinski definition) is 0. The van der Waals surface area contributed by atoms with Crippen molar-refractivity contribution in [1.29, 1.82) is 0 Å². The van der Waals surface area contributed by atoms with Gasteiger partial charge in [0, 0.05) is 61.0 Å². The Bertz CT molecular complexity index is 3380. The Morgan fingerprint density at radius 1 is 0.209 bits per heavy atom. The second-order valence-corrected chi connectivity index (χ2v) is 16.2. The molecule has 0 fully saturated rings. The zero-order valence-electron chi connectivity index (χ0n) is 36.1. The Hall–Kier alpha value is -9.20. The van der Waals surface area contributed by atoms with Crippen molar-refractivity contribution in [3.63, 3.8) is 0 Å². The van der Waals surface area contributed by atoms with Crippen molar-refractivity contribution in [2.45, 2.75) is 0 Å². The Labute approximate surface area is 387 Å². The number of benzene rings is 9. The molecule has 67 heavy (non-hydrogen) atoms. The number of aromatic nitrogens is 7. The van der Waals surface area contributed by atoms with Gasteiger partial charge in [0.15, 0.2) is 34.9 Å². The van der Waals surface area contributed by atoms with Gasteiger partial charge in [0.25, 0.3) is 0 Å². The van der Waals surface area contributed by atoms with Crippen molar-refractivity contribution in [1.82, 2.24) is 34.5 Å². The Kier molecular flexibility index (Phi) is 10.0. The molecule has 0 unspecified atom stereocenters. The summed E-state index contributed by atoms with van der Waals surface area (Å²) in [6, 6.07) is 81.2. The van der Waals surface area contributed by atoms with Gasteiger partial charge in [-0.2, -0.15) is 0 Å². The zero-order valence-corrected chi connectivity index (χ0v) is 36.1. The maximum Gasteiger partial charge on any atom is 0.164 e. The van der Waals surface area contributed by atoms with Gasteiger partial charge in [-0.05, 0) is 23.3 Å². The lowest BCUT2D eigenvalue weighted by atomic mass is 9.95. The maximum atomic E-state index is 5.19. The number of nitrogens with zero attached hydrogens (tertiary/aromatic N) is 7. The van der Waals surface area contributed by atoms with Crippen molar-refractivity contribution in [3.05, 3.63) is 237 Å². The van der Waals surface area contributed by atoms with Gasteiger partial charge in [0.05, 0.1) is 11.0 Å². The maximum absolute atomic E-state index is 5.19. The molecule has 12 rings (SSSR count). The SMILES string of the molecule is c1ccc(-c2nc(-c3ccccc3)nc(-c3ccccc3-c3cccc4c5cccc(-c6ccccc6-c6nc(-c7ccccc7)nc(-c7ccccc7)n6)c5n(-c5ccccc5)c34)n2)cc1. The Balaban J connectivity index is 1.10. The lowest BCUT2D eigenvalue weighted by molar-refractivity contribution is 1.07. The van der Waals surface area contributed by atoms with Crippen molar-refractivity contribution in [2.24, 2.45) is 0 Å². The summed E-state index contributed by atoms with van der Waals surface area (Å²) >= 11 is 0. The molecule has 0 aliphatic rings. The molecule has 0 amide bonds. The summed E-state index contributed by atoms with van der Waals surface area (Å²) in [5.41, 5.74) is 12.8. The van der Waals surface area contributed by atoms with E-state index in [2.05, 4.69) is 120 Å². The quantitative estimate of drug-likeness (QED) is 0.144. The third-order valence-electron chi connectivity index (χ3n) is 12.1. The third-order valence-corrected chi connectivity index (χ3v) is 12.1. The predicted octanol–water partition coefficient (Wildman–Crippen LogP) is 14.5. The van der Waals surface area contributed by atoms with E-state index in [1.54, 1.807) is 0 Å². The van der Waals surface area contributed by atoms with Crippen LogP contribution in [0.4, 0.5) is 0 Å². The van der Waals surface area contributed by atoms with Crippen molar-refractivity contribution in [3.8, 4) is 96.3 Å². The minimum Gasteiger partial charge on any atom is -0.308 e. The van der Waals surface area contributed by atoms with Crippen LogP contribution in [-0.4, -0.2) is 34.5 Å². The molecule has 12 aromatic rings. The molecule has 3 aromatic heterocycles. The molecule has 0 aliphatic carbocycles. The molecule has 0 radical (unpaired) electrons. The van der Waals surface area contributed by atoms with Gasteiger partial charge in [-0.15, -0.1) is 0 Å². The summed E-state index contributed by atoms with van der Waals surface area (Å²) in [5, 5.41) is 2.24. The predicted molar refractivity (Wildman–Crippen MR) is 271 cm³/mol. The first-order chi connectivity index (χ1) is 33.2. The highest BCUT2D eigenvalue weighted by atomic mass is 15.0. The second-order valence-electron chi connectivity index (χ2n) is 16.2. The molecule has 0 spiro atoms. The minimum absolute atomic E-state index is 0.597. The fourth-order valence-electron chi connectivity index (χ4n) is 9.07. The largest absolute Gasteiger partial charge is 0.308 e. The van der Waals surface area contributed by atoms with Crippen molar-refractivity contribution in [2.75, 3.05) is 0 Å². The summed E-state index contributed by atoms with van der Waals surface area (Å²) in [7, 11) is 0. The number of hydrogen-bond acceptors (Lipinski definition) is 6. The van der Waals surface area contributed by atoms with Crippen LogP contribution in [0.2, 0.25) is 0 Å². The van der Waals surface area contributed by atoms with E-state index in [0.29, 0.717) is 34.9 Å². The fourth-order valence-corrected chi connectivity index (χ4v) is 9.07. The van der Waals surface area contributed by atoms with Gasteiger partial charge in [-0.1, -0.05) is 224 Å². The van der Waals surface area contributed by atoms with Crippen LogP contribution in [0.25, 0.3) is 118 Å². The standard InChI is InChI=1S/C60H39N7/c1-6-22-40(23-7-1)55-61-56(41-24-8-2-9-25-41)64-59(63-55)51-34-18-16-32-45(51)47-36-20-38-49-50-39-21-37-48(54(50)67(53(47)49)44-30-14-5-15-31-44)46-33-17-19-35-52(46)60-65-57(42-26-10-3-11-27-42)62-58(66-60)43-28-12-4-13-29-43/h1-39H. The molecule has 7 nitrogen and oxygen atoms in total. The lowest BCUT2D eigenvalue weighted by Crippen LogP contribution is -2.02. The van der Waals surface area contributed by atoms with E-state index in [0.717, 1.165) is 83.1 Å². The highest BCUT2D eigenvalue weighted by Crippen LogP contribution is 2.45. The van der Waals surface area contributed by atoms with Crippen LogP contribution in [0.1, 0.15) is 0 Å². The Morgan fingerprint density at radius 3 is 0.821 bits per heavy atom. The molecule has 9 aromatic carbocycles. The van der Waals surface area contributed by atoms with E-state index in [4.69, 9.17) is 29.9 Å². The van der Waals surface area contributed by atoms with E-state index >= 15 is 0 Å². The van der Waals surface area contributed by atoms with E-state index in [1.165, 1.54) is 0 Å². The van der Waals surface area contributed by atoms with E-state index in [9.17, 15) is 0 Å². The third kappa shape index (κ3) is 7.31. The smallest absolute Gasteiger partial charge is 0.164 e. The average Bonchev–Trinajstić information content (AvgIpc) is 3.77. The van der Waals surface area contributed by atoms with E-state index in [1.807, 2.05) is 121 Å². The average molecular weight is 858 g/mol. The summed E-state index contributed by atoms with van der Waals surface area (Å²) in [4.78, 5) is 30.8. The van der Waals surface area contributed by atoms with Gasteiger partial charge < -0.3 is 4.57 Å². The zero-order chi connectivity index (χ0) is 44.5. The van der Waals surface area contributed by atoms with Crippen LogP contribution in [-0.2, 0) is 0 Å². The monoisotopic (exact) mass is 857 g/mol. The van der Waals surface area contributed by atoms with E-state index in [-0.39, 0.29) is 0 Å². The second kappa shape index (κ2) is 17.1. The van der Waals surface area contributed by atoms with Crippen LogP contribution in [0, 0.1) is 0 Å². The molecular formula is C60H39N7. The van der Waals surface area contributed by atoms with Crippen molar-refractivity contribution >= 4 is 21.8 Å². The first kappa shape index (κ1) is 39.4. The molecule has 3 heterocycles. The summed E-state index contributed by atoms with van der Waals surface area (Å²) in [6.07, 6.45) is 0.